The first-order valence-corrected chi connectivity index (χ1v) is 5.88. The Kier molecular flexibility index (Phi) is 3.97. The minimum atomic E-state index is -0.426. The van der Waals surface area contributed by atoms with Crippen LogP contribution in [-0.2, 0) is 0 Å². The lowest BCUT2D eigenvalue weighted by molar-refractivity contribution is 0.0952. The molecule has 6 heteroatoms. The van der Waals surface area contributed by atoms with E-state index in [2.05, 4.69) is 5.32 Å². The van der Waals surface area contributed by atoms with E-state index in [0.717, 1.165) is 0 Å². The lowest BCUT2D eigenvalue weighted by Crippen LogP contribution is -2.30. The molecular weight excluding hydrogens is 256 g/mol. The number of amides is 2. The van der Waals surface area contributed by atoms with Gasteiger partial charge in [0.25, 0.3) is 11.8 Å². The summed E-state index contributed by atoms with van der Waals surface area (Å²) in [5, 5.41) is 2.69. The molecule has 2 rings (SSSR count). The smallest absolute Gasteiger partial charge is 0.265 e. The van der Waals surface area contributed by atoms with Crippen LogP contribution < -0.4 is 22.3 Å². The van der Waals surface area contributed by atoms with Gasteiger partial charge < -0.3 is 11.1 Å². The molecule has 0 saturated carbocycles. The van der Waals surface area contributed by atoms with Crippen LogP contribution in [0.3, 0.4) is 0 Å². The molecule has 0 fully saturated rings. The topological polar surface area (TPSA) is 110 Å². The van der Waals surface area contributed by atoms with E-state index in [1.807, 2.05) is 5.43 Å². The van der Waals surface area contributed by atoms with Crippen LogP contribution in [0.1, 0.15) is 20.7 Å². The van der Waals surface area contributed by atoms with E-state index in [4.69, 9.17) is 11.6 Å². The summed E-state index contributed by atoms with van der Waals surface area (Å²) in [5.41, 5.74) is 9.47. The Labute approximate surface area is 115 Å². The minimum Gasteiger partial charge on any atom is -0.399 e. The van der Waals surface area contributed by atoms with Gasteiger partial charge in [0.15, 0.2) is 0 Å². The Bertz CT molecular complexity index is 655. The molecule has 6 N–H and O–H groups in total. The van der Waals surface area contributed by atoms with E-state index < -0.39 is 5.91 Å². The zero-order valence-electron chi connectivity index (χ0n) is 10.6. The number of rotatable bonds is 3. The summed E-state index contributed by atoms with van der Waals surface area (Å²) in [5.74, 6) is 4.33. The van der Waals surface area contributed by atoms with Crippen LogP contribution in [0.25, 0.3) is 0 Å². The van der Waals surface area contributed by atoms with Gasteiger partial charge in [-0.05, 0) is 36.4 Å². The van der Waals surface area contributed by atoms with Gasteiger partial charge in [0.05, 0.1) is 0 Å². The second-order valence-electron chi connectivity index (χ2n) is 4.13. The van der Waals surface area contributed by atoms with Gasteiger partial charge in [0, 0.05) is 22.5 Å². The predicted octanol–water partition coefficient (Wildman–Crippen LogP) is 1.12. The van der Waals surface area contributed by atoms with Crippen molar-refractivity contribution in [2.45, 2.75) is 0 Å². The van der Waals surface area contributed by atoms with E-state index in [1.54, 1.807) is 42.5 Å². The van der Waals surface area contributed by atoms with Crippen molar-refractivity contribution in [2.75, 3.05) is 11.1 Å². The summed E-state index contributed by atoms with van der Waals surface area (Å²) >= 11 is 0. The first kappa shape index (κ1) is 13.6. The van der Waals surface area contributed by atoms with Gasteiger partial charge in [-0.15, -0.1) is 0 Å². The molecule has 0 radical (unpaired) electrons. The molecule has 0 bridgehead atoms. The van der Waals surface area contributed by atoms with E-state index >= 15 is 0 Å². The quantitative estimate of drug-likeness (QED) is 0.290. The van der Waals surface area contributed by atoms with Crippen molar-refractivity contribution < 1.29 is 9.59 Å². The molecule has 20 heavy (non-hydrogen) atoms. The monoisotopic (exact) mass is 270 g/mol. The average molecular weight is 270 g/mol. The van der Waals surface area contributed by atoms with Crippen molar-refractivity contribution in [1.82, 2.24) is 5.43 Å². The van der Waals surface area contributed by atoms with Gasteiger partial charge >= 0.3 is 0 Å². The number of nitrogen functional groups attached to an aromatic ring is 2. The van der Waals surface area contributed by atoms with E-state index in [-0.39, 0.29) is 5.91 Å². The molecule has 0 aliphatic rings. The Balaban J connectivity index is 2.18. The summed E-state index contributed by atoms with van der Waals surface area (Å²) in [7, 11) is 0. The van der Waals surface area contributed by atoms with Crippen LogP contribution in [0.5, 0.6) is 0 Å². The molecule has 0 heterocycles. The number of anilines is 2. The second-order valence-corrected chi connectivity index (χ2v) is 4.13. The fourth-order valence-corrected chi connectivity index (χ4v) is 1.70. The third-order valence-electron chi connectivity index (χ3n) is 2.66. The Morgan fingerprint density at radius 3 is 2.20 bits per heavy atom. The van der Waals surface area contributed by atoms with E-state index in [9.17, 15) is 9.59 Å². The van der Waals surface area contributed by atoms with Crippen LogP contribution >= 0.6 is 0 Å². The second kappa shape index (κ2) is 5.85. The van der Waals surface area contributed by atoms with Crippen molar-refractivity contribution in [3.8, 4) is 0 Å². The molecule has 0 aliphatic heterocycles. The number of hydrogen-bond acceptors (Lipinski definition) is 4. The highest BCUT2D eigenvalue weighted by molar-refractivity contribution is 6.05. The SMILES string of the molecule is NNC(=O)c1cccc(NC(=O)c2cccc(N)c2)c1. The van der Waals surface area contributed by atoms with Crippen molar-refractivity contribution >= 4 is 23.2 Å². The van der Waals surface area contributed by atoms with Crippen LogP contribution in [-0.4, -0.2) is 11.8 Å². The molecule has 2 aromatic rings. The van der Waals surface area contributed by atoms with Gasteiger partial charge in [-0.1, -0.05) is 12.1 Å². The third-order valence-corrected chi connectivity index (χ3v) is 2.66. The lowest BCUT2D eigenvalue weighted by atomic mass is 10.1. The summed E-state index contributed by atoms with van der Waals surface area (Å²) < 4.78 is 0. The summed E-state index contributed by atoms with van der Waals surface area (Å²) in [6, 6.07) is 13.1. The maximum atomic E-state index is 12.0. The predicted molar refractivity (Wildman–Crippen MR) is 76.9 cm³/mol. The number of carbonyl (C=O) groups excluding carboxylic acids is 2. The standard InChI is InChI=1S/C14H14N4O2/c15-11-5-1-3-9(7-11)13(19)17-12-6-2-4-10(8-12)14(20)18-16/h1-8H,15-16H2,(H,17,19)(H,18,20). The van der Waals surface area contributed by atoms with Gasteiger partial charge in [0.2, 0.25) is 0 Å². The third kappa shape index (κ3) is 3.12. The van der Waals surface area contributed by atoms with Crippen LogP contribution in [0.2, 0.25) is 0 Å². The maximum absolute atomic E-state index is 12.0. The maximum Gasteiger partial charge on any atom is 0.265 e. The van der Waals surface area contributed by atoms with Crippen molar-refractivity contribution in [3.05, 3.63) is 59.7 Å². The van der Waals surface area contributed by atoms with Gasteiger partial charge in [-0.3, -0.25) is 15.0 Å². The minimum absolute atomic E-state index is 0.303. The highest BCUT2D eigenvalue weighted by Crippen LogP contribution is 2.13. The molecule has 2 amide bonds. The molecule has 0 aromatic heterocycles. The Hall–Kier alpha value is -2.86. The summed E-state index contributed by atoms with van der Waals surface area (Å²) in [4.78, 5) is 23.4. The number of carbonyl (C=O) groups is 2. The van der Waals surface area contributed by atoms with Crippen molar-refractivity contribution in [2.24, 2.45) is 5.84 Å². The highest BCUT2D eigenvalue weighted by Gasteiger charge is 2.08. The summed E-state index contributed by atoms with van der Waals surface area (Å²) in [6.45, 7) is 0. The molecule has 2 aromatic carbocycles. The largest absolute Gasteiger partial charge is 0.399 e. The fourth-order valence-electron chi connectivity index (χ4n) is 1.70. The number of hydrazine groups is 1. The van der Waals surface area contributed by atoms with Crippen LogP contribution in [0.4, 0.5) is 11.4 Å². The number of benzene rings is 2. The first-order chi connectivity index (χ1) is 9.60. The zero-order chi connectivity index (χ0) is 14.5. The van der Waals surface area contributed by atoms with E-state index in [0.29, 0.717) is 22.5 Å². The molecule has 102 valence electrons. The molecule has 0 spiro atoms. The molecule has 0 atom stereocenters. The average Bonchev–Trinajstić information content (AvgIpc) is 2.46. The first-order valence-electron chi connectivity index (χ1n) is 5.88. The van der Waals surface area contributed by atoms with Crippen LogP contribution in [0, 0.1) is 0 Å². The molecule has 0 unspecified atom stereocenters. The molecule has 0 saturated heterocycles. The molecule has 0 aliphatic carbocycles. The van der Waals surface area contributed by atoms with Crippen LogP contribution in [0.15, 0.2) is 48.5 Å². The van der Waals surface area contributed by atoms with Gasteiger partial charge in [-0.25, -0.2) is 5.84 Å². The Morgan fingerprint density at radius 1 is 0.900 bits per heavy atom. The summed E-state index contributed by atoms with van der Waals surface area (Å²) in [6.07, 6.45) is 0. The van der Waals surface area contributed by atoms with Gasteiger partial charge in [-0.2, -0.15) is 0 Å². The fraction of sp³-hybridized carbons (Fsp3) is 0. The molecule has 6 nitrogen and oxygen atoms in total. The number of hydrogen-bond donors (Lipinski definition) is 4. The van der Waals surface area contributed by atoms with Crippen molar-refractivity contribution in [1.29, 1.82) is 0 Å². The zero-order valence-corrected chi connectivity index (χ0v) is 10.6. The highest BCUT2D eigenvalue weighted by atomic mass is 16.2. The number of nitrogens with two attached hydrogens (primary N) is 2. The number of nitrogens with one attached hydrogen (secondary N) is 2. The Morgan fingerprint density at radius 2 is 1.55 bits per heavy atom. The molecular formula is C14H14N4O2. The normalized spacial score (nSPS) is 9.85. The van der Waals surface area contributed by atoms with E-state index in [1.165, 1.54) is 6.07 Å². The van der Waals surface area contributed by atoms with Crippen molar-refractivity contribution in [3.63, 3.8) is 0 Å². The lowest BCUT2D eigenvalue weighted by Gasteiger charge is -2.07. The van der Waals surface area contributed by atoms with Gasteiger partial charge in [0.1, 0.15) is 0 Å².